The van der Waals surface area contributed by atoms with E-state index in [1.807, 2.05) is 11.8 Å². The summed E-state index contributed by atoms with van der Waals surface area (Å²) in [6.45, 7) is 6.32. The topological polar surface area (TPSA) is 35.5 Å². The van der Waals surface area contributed by atoms with E-state index in [0.717, 1.165) is 38.0 Å². The Bertz CT molecular complexity index is 186. The van der Waals surface area contributed by atoms with Gasteiger partial charge in [0.05, 0.1) is 6.61 Å². The maximum absolute atomic E-state index is 11.3. The van der Waals surface area contributed by atoms with Crippen molar-refractivity contribution in [1.29, 1.82) is 0 Å². The fourth-order valence-electron chi connectivity index (χ4n) is 1.33. The van der Waals surface area contributed by atoms with Crippen LogP contribution in [-0.2, 0) is 14.3 Å². The van der Waals surface area contributed by atoms with Gasteiger partial charge in [0, 0.05) is 26.1 Å². The van der Waals surface area contributed by atoms with Gasteiger partial charge in [-0.15, -0.1) is 0 Å². The molecule has 108 valence electrons. The van der Waals surface area contributed by atoms with Gasteiger partial charge in [-0.1, -0.05) is 20.3 Å². The minimum absolute atomic E-state index is 0.0688. The largest absolute Gasteiger partial charge is 0.466 e. The Morgan fingerprint density at radius 1 is 0.944 bits per heavy atom. The normalized spacial score (nSPS) is 10.6. The van der Waals surface area contributed by atoms with Crippen molar-refractivity contribution in [3.63, 3.8) is 0 Å². The Kier molecular flexibility index (Phi) is 14.7. The predicted molar refractivity (Wildman–Crippen MR) is 78.2 cm³/mol. The van der Waals surface area contributed by atoms with Gasteiger partial charge in [0.15, 0.2) is 0 Å². The molecule has 0 aliphatic carbocycles. The third kappa shape index (κ3) is 13.8. The van der Waals surface area contributed by atoms with Crippen LogP contribution in [0.2, 0.25) is 0 Å². The second-order valence-corrected chi connectivity index (χ2v) is 5.48. The second kappa shape index (κ2) is 14.8. The van der Waals surface area contributed by atoms with Crippen LogP contribution in [-0.4, -0.2) is 37.3 Å². The van der Waals surface area contributed by atoms with Crippen molar-refractivity contribution < 1.29 is 14.3 Å². The zero-order valence-electron chi connectivity index (χ0n) is 11.9. The van der Waals surface area contributed by atoms with E-state index < -0.39 is 0 Å². The van der Waals surface area contributed by atoms with Crippen molar-refractivity contribution in [2.45, 2.75) is 52.4 Å². The van der Waals surface area contributed by atoms with Gasteiger partial charge in [-0.05, 0) is 30.8 Å². The number of thioether (sulfide) groups is 1. The van der Waals surface area contributed by atoms with Crippen molar-refractivity contribution >= 4 is 17.7 Å². The molecule has 0 saturated carbocycles. The number of unbranched alkanes of at least 4 members (excludes halogenated alkanes) is 1. The summed E-state index contributed by atoms with van der Waals surface area (Å²) < 4.78 is 10.5. The van der Waals surface area contributed by atoms with E-state index in [0.29, 0.717) is 19.6 Å². The molecule has 0 saturated heterocycles. The number of carbonyl (C=O) groups excluding carboxylic acids is 1. The molecule has 0 aromatic heterocycles. The van der Waals surface area contributed by atoms with Gasteiger partial charge < -0.3 is 9.47 Å². The SMILES string of the molecule is CCCCOCCCOC(=O)CCCSCCC. The van der Waals surface area contributed by atoms with Gasteiger partial charge in [-0.3, -0.25) is 4.79 Å². The zero-order chi connectivity index (χ0) is 13.5. The first-order valence-corrected chi connectivity index (χ1v) is 8.27. The molecule has 0 heterocycles. The molecule has 3 nitrogen and oxygen atoms in total. The van der Waals surface area contributed by atoms with Crippen LogP contribution >= 0.6 is 11.8 Å². The van der Waals surface area contributed by atoms with Crippen LogP contribution < -0.4 is 0 Å². The Hall–Kier alpha value is -0.220. The third-order valence-electron chi connectivity index (χ3n) is 2.36. The lowest BCUT2D eigenvalue weighted by Crippen LogP contribution is -2.08. The molecule has 0 radical (unpaired) electrons. The minimum Gasteiger partial charge on any atom is -0.466 e. The molecule has 4 heteroatoms. The highest BCUT2D eigenvalue weighted by molar-refractivity contribution is 7.99. The summed E-state index contributed by atoms with van der Waals surface area (Å²) in [5.74, 6) is 2.17. The molecule has 0 fully saturated rings. The predicted octanol–water partition coefficient (Wildman–Crippen LogP) is 3.66. The molecule has 0 aromatic carbocycles. The van der Waals surface area contributed by atoms with Crippen molar-refractivity contribution in [2.24, 2.45) is 0 Å². The van der Waals surface area contributed by atoms with Gasteiger partial charge in [0.2, 0.25) is 0 Å². The monoisotopic (exact) mass is 276 g/mol. The molecule has 0 amide bonds. The van der Waals surface area contributed by atoms with Crippen molar-refractivity contribution in [1.82, 2.24) is 0 Å². The fraction of sp³-hybridized carbons (Fsp3) is 0.929. The van der Waals surface area contributed by atoms with Crippen LogP contribution in [0.5, 0.6) is 0 Å². The lowest BCUT2D eigenvalue weighted by atomic mass is 10.3. The average molecular weight is 276 g/mol. The second-order valence-electron chi connectivity index (χ2n) is 4.26. The molecule has 0 rings (SSSR count). The fourth-order valence-corrected chi connectivity index (χ4v) is 2.17. The lowest BCUT2D eigenvalue weighted by Gasteiger charge is -2.05. The molecule has 0 bridgehead atoms. The highest BCUT2D eigenvalue weighted by Gasteiger charge is 2.02. The average Bonchev–Trinajstić information content (AvgIpc) is 2.37. The molecule has 0 atom stereocenters. The van der Waals surface area contributed by atoms with Gasteiger partial charge >= 0.3 is 5.97 Å². The molecule has 0 aromatic rings. The zero-order valence-corrected chi connectivity index (χ0v) is 12.7. The van der Waals surface area contributed by atoms with Gasteiger partial charge in [0.25, 0.3) is 0 Å². The van der Waals surface area contributed by atoms with Crippen LogP contribution in [0.4, 0.5) is 0 Å². The molecule has 0 aliphatic heterocycles. The van der Waals surface area contributed by atoms with Crippen LogP contribution in [0.1, 0.15) is 52.4 Å². The summed E-state index contributed by atoms with van der Waals surface area (Å²) >= 11 is 1.91. The number of esters is 1. The highest BCUT2D eigenvalue weighted by Crippen LogP contribution is 2.06. The first kappa shape index (κ1) is 17.8. The first-order chi connectivity index (χ1) is 8.81. The van der Waals surface area contributed by atoms with E-state index in [1.165, 1.54) is 12.2 Å². The number of carbonyl (C=O) groups is 1. The molecule has 0 spiro atoms. The molecular formula is C14H28O3S. The smallest absolute Gasteiger partial charge is 0.305 e. The molecule has 0 aliphatic rings. The van der Waals surface area contributed by atoms with Crippen molar-refractivity contribution in [3.8, 4) is 0 Å². The van der Waals surface area contributed by atoms with Crippen LogP contribution in [0, 0.1) is 0 Å². The summed E-state index contributed by atoms with van der Waals surface area (Å²) in [5, 5.41) is 0. The Morgan fingerprint density at radius 3 is 2.44 bits per heavy atom. The van der Waals surface area contributed by atoms with Crippen LogP contribution in [0.3, 0.4) is 0 Å². The summed E-state index contributed by atoms with van der Waals surface area (Å²) in [4.78, 5) is 11.3. The highest BCUT2D eigenvalue weighted by atomic mass is 32.2. The Labute approximate surface area is 116 Å². The van der Waals surface area contributed by atoms with Crippen molar-refractivity contribution in [3.05, 3.63) is 0 Å². The summed E-state index contributed by atoms with van der Waals surface area (Å²) in [6.07, 6.45) is 5.75. The number of rotatable bonds is 13. The summed E-state index contributed by atoms with van der Waals surface area (Å²) in [6, 6.07) is 0. The quantitative estimate of drug-likeness (QED) is 0.380. The van der Waals surface area contributed by atoms with Crippen molar-refractivity contribution in [2.75, 3.05) is 31.3 Å². The first-order valence-electron chi connectivity index (χ1n) is 7.12. The number of ether oxygens (including phenoxy) is 2. The van der Waals surface area contributed by atoms with E-state index in [4.69, 9.17) is 9.47 Å². The lowest BCUT2D eigenvalue weighted by molar-refractivity contribution is -0.144. The van der Waals surface area contributed by atoms with Crippen LogP contribution in [0.25, 0.3) is 0 Å². The van der Waals surface area contributed by atoms with Crippen LogP contribution in [0.15, 0.2) is 0 Å². The maximum atomic E-state index is 11.3. The van der Waals surface area contributed by atoms with Gasteiger partial charge in [0.1, 0.15) is 0 Å². The molecule has 0 unspecified atom stereocenters. The molecule has 18 heavy (non-hydrogen) atoms. The third-order valence-corrected chi connectivity index (χ3v) is 3.63. The Balaban J connectivity index is 3.12. The number of hydrogen-bond donors (Lipinski definition) is 0. The van der Waals surface area contributed by atoms with Gasteiger partial charge in [-0.2, -0.15) is 11.8 Å². The minimum atomic E-state index is -0.0688. The Morgan fingerprint density at radius 2 is 1.72 bits per heavy atom. The van der Waals surface area contributed by atoms with E-state index >= 15 is 0 Å². The van der Waals surface area contributed by atoms with E-state index in [2.05, 4.69) is 13.8 Å². The van der Waals surface area contributed by atoms with E-state index in [9.17, 15) is 4.79 Å². The molecular weight excluding hydrogens is 248 g/mol. The number of hydrogen-bond acceptors (Lipinski definition) is 4. The maximum Gasteiger partial charge on any atom is 0.305 e. The summed E-state index contributed by atoms with van der Waals surface area (Å²) in [7, 11) is 0. The standard InChI is InChI=1S/C14H28O3S/c1-3-5-9-16-10-7-11-17-14(15)8-6-13-18-12-4-2/h3-13H2,1-2H3. The molecule has 0 N–H and O–H groups in total. The van der Waals surface area contributed by atoms with E-state index in [-0.39, 0.29) is 5.97 Å². The summed E-state index contributed by atoms with van der Waals surface area (Å²) in [5.41, 5.74) is 0. The van der Waals surface area contributed by atoms with Gasteiger partial charge in [-0.25, -0.2) is 0 Å². The van der Waals surface area contributed by atoms with E-state index in [1.54, 1.807) is 0 Å².